The minimum atomic E-state index is -1.66. The second-order valence-corrected chi connectivity index (χ2v) is 41.2. The van der Waals surface area contributed by atoms with Gasteiger partial charge in [-0.25, -0.2) is 0 Å². The van der Waals surface area contributed by atoms with E-state index in [1.54, 1.807) is 0 Å². The first-order valence-electron chi connectivity index (χ1n) is 48.0. The number of unbranched alkanes of at least 4 members (excludes halogenated alkanes) is 16. The summed E-state index contributed by atoms with van der Waals surface area (Å²) < 4.78 is 121. The fourth-order valence-corrected chi connectivity index (χ4v) is 26.5. The predicted molar refractivity (Wildman–Crippen MR) is 519 cm³/mol. The molecule has 0 aromatic heterocycles. The maximum atomic E-state index is 15.9. The normalized spacial score (nSPS) is 20.1. The minimum absolute atomic E-state index is 0.0975. The van der Waals surface area contributed by atoms with Crippen molar-refractivity contribution in [3.8, 4) is 92.0 Å². The summed E-state index contributed by atoms with van der Waals surface area (Å²) >= 11 is 25.7. The van der Waals surface area contributed by atoms with Crippen LogP contribution in [-0.2, 0) is 0 Å². The van der Waals surface area contributed by atoms with Gasteiger partial charge < -0.3 is 80.9 Å². The molecule has 0 radical (unpaired) electrons. The number of ether oxygens (including phenoxy) is 16. The zero-order valence-electron chi connectivity index (χ0n) is 75.3. The molecule has 10 aliphatic rings. The minimum Gasteiger partial charge on any atom is -0.457 e. The summed E-state index contributed by atoms with van der Waals surface area (Å²) in [6.07, 6.45) is 27.3. The van der Waals surface area contributed by atoms with Crippen LogP contribution in [0.25, 0.3) is 0 Å². The first kappa shape index (κ1) is 91.9. The van der Waals surface area contributed by atoms with E-state index in [0.29, 0.717) is 147 Å². The lowest BCUT2D eigenvalue weighted by Gasteiger charge is -2.38. The molecule has 8 heterocycles. The van der Waals surface area contributed by atoms with Crippen molar-refractivity contribution in [3.63, 3.8) is 0 Å². The number of aliphatic hydroxyl groups is 1. The van der Waals surface area contributed by atoms with Crippen LogP contribution in [0.4, 0.5) is 0 Å². The molecular formula is C105H122Br6O17. The fourth-order valence-electron chi connectivity index (χ4n) is 22.3. The Morgan fingerprint density at radius 3 is 0.422 bits per heavy atom. The van der Waals surface area contributed by atoms with Gasteiger partial charge in [0.2, 0.25) is 54.3 Å². The molecule has 0 fully saturated rings. The van der Waals surface area contributed by atoms with Crippen molar-refractivity contribution in [1.29, 1.82) is 0 Å². The summed E-state index contributed by atoms with van der Waals surface area (Å²) in [4.78, 5) is 0. The van der Waals surface area contributed by atoms with Gasteiger partial charge in [-0.1, -0.05) is 209 Å². The van der Waals surface area contributed by atoms with Gasteiger partial charge in [0, 0.05) is 136 Å². The number of hydrogen-bond acceptors (Lipinski definition) is 17. The smallest absolute Gasteiger partial charge is 0.231 e. The van der Waals surface area contributed by atoms with Gasteiger partial charge in [-0.05, 0) is 195 Å². The number of aliphatic hydroxyl groups excluding tert-OH is 1. The molecule has 0 saturated carbocycles. The molecule has 17 nitrogen and oxygen atoms in total. The molecule has 0 spiro atoms. The van der Waals surface area contributed by atoms with Crippen molar-refractivity contribution in [1.82, 2.24) is 0 Å². The van der Waals surface area contributed by atoms with Crippen molar-refractivity contribution < 1.29 is 80.9 Å². The summed E-state index contributed by atoms with van der Waals surface area (Å²) in [7, 11) is 0. The molecule has 16 bridgehead atoms. The highest BCUT2D eigenvalue weighted by Gasteiger charge is 2.48. The van der Waals surface area contributed by atoms with Crippen LogP contribution in [0.15, 0.2) is 75.4 Å². The fraction of sp³-hybridized carbons (Fsp3) is 0.543. The Morgan fingerprint density at radius 2 is 0.305 bits per heavy atom. The van der Waals surface area contributed by atoms with Gasteiger partial charge in [-0.15, -0.1) is 0 Å². The number of halogens is 6. The highest BCUT2D eigenvalue weighted by atomic mass is 79.9. The molecule has 8 aromatic carbocycles. The Kier molecular flexibility index (Phi) is 29.5. The van der Waals surface area contributed by atoms with Crippen LogP contribution in [-0.4, -0.2) is 59.5 Å². The highest BCUT2D eigenvalue weighted by Crippen LogP contribution is 2.66. The summed E-state index contributed by atoms with van der Waals surface area (Å²) in [6, 6.07) is 19.3. The van der Waals surface area contributed by atoms with E-state index in [0.717, 1.165) is 278 Å². The van der Waals surface area contributed by atoms with Crippen molar-refractivity contribution >= 4 is 95.6 Å². The lowest BCUT2D eigenvalue weighted by Crippen LogP contribution is -2.26. The van der Waals surface area contributed by atoms with Crippen molar-refractivity contribution in [2.75, 3.05) is 54.3 Å². The molecule has 0 saturated heterocycles. The second-order valence-electron chi connectivity index (χ2n) is 36.5. The first-order valence-corrected chi connectivity index (χ1v) is 52.8. The van der Waals surface area contributed by atoms with E-state index in [2.05, 4.69) is 200 Å². The van der Waals surface area contributed by atoms with Crippen LogP contribution in [0.2, 0.25) is 0 Å². The first-order chi connectivity index (χ1) is 62.7. The van der Waals surface area contributed by atoms with Crippen molar-refractivity contribution in [2.24, 2.45) is 0 Å². The van der Waals surface area contributed by atoms with Gasteiger partial charge in [-0.3, -0.25) is 0 Å². The van der Waals surface area contributed by atoms with E-state index in [4.69, 9.17) is 75.8 Å². The van der Waals surface area contributed by atoms with Crippen molar-refractivity contribution in [3.05, 3.63) is 176 Å². The third-order valence-corrected chi connectivity index (χ3v) is 33.0. The van der Waals surface area contributed by atoms with Crippen LogP contribution < -0.4 is 75.8 Å². The number of benzene rings is 8. The van der Waals surface area contributed by atoms with Gasteiger partial charge in [0.05, 0.1) is 11.1 Å². The molecule has 2 aliphatic carbocycles. The topological polar surface area (TPSA) is 168 Å². The van der Waals surface area contributed by atoms with E-state index in [-0.39, 0.29) is 78.0 Å². The SMILES string of the molecule is CCCCCC1c2cc3c4c(Br)c2OCOc2c1cc1c(c2Br)OCOc2c(cc5c(c2C(O)c2c6c7cc8c2OCOc2c(cc9c(c2Br)OCOc2c(cc%10c(c2Br)OCOc2c(cc(c(c2Br)OCO6)C7CCCCC)C%10CCCCC)C9CCCCC)C8CCCCC)OCOc2c(cc(c(c2Br)OCO4)C3CCCCC)C5CCCCC)C1CCCCC. The molecule has 1 N–H and O–H groups in total. The number of hydrogen-bond donors (Lipinski definition) is 1. The largest absolute Gasteiger partial charge is 0.457 e. The molecule has 23 heteroatoms. The van der Waals surface area contributed by atoms with Gasteiger partial charge in [0.15, 0.2) is 0 Å². The Morgan fingerprint density at radius 1 is 0.195 bits per heavy atom. The van der Waals surface area contributed by atoms with Crippen LogP contribution in [0.3, 0.4) is 0 Å². The summed E-state index contributed by atoms with van der Waals surface area (Å²) in [5, 5.41) is 15.9. The molecule has 8 aliphatic heterocycles. The Balaban J connectivity index is 0.989. The zero-order chi connectivity index (χ0) is 88.5. The lowest BCUT2D eigenvalue weighted by atomic mass is 9.74. The van der Waals surface area contributed by atoms with E-state index < -0.39 is 29.8 Å². The van der Waals surface area contributed by atoms with E-state index in [9.17, 15) is 0 Å². The third kappa shape index (κ3) is 17.0. The molecule has 0 amide bonds. The molecule has 8 unspecified atom stereocenters. The van der Waals surface area contributed by atoms with Crippen LogP contribution in [0.5, 0.6) is 92.0 Å². The maximum absolute atomic E-state index is 15.9. The van der Waals surface area contributed by atoms with E-state index >= 15 is 5.11 Å². The molecule has 18 rings (SSSR count). The average Bonchev–Trinajstić information content (AvgIpc) is 0.725. The molecule has 8 atom stereocenters. The Bertz CT molecular complexity index is 4800. The van der Waals surface area contributed by atoms with Crippen LogP contribution in [0.1, 0.15) is 414 Å². The highest BCUT2D eigenvalue weighted by molar-refractivity contribution is 9.11. The van der Waals surface area contributed by atoms with E-state index in [1.165, 1.54) is 0 Å². The van der Waals surface area contributed by atoms with Gasteiger partial charge in [0.1, 0.15) is 125 Å². The van der Waals surface area contributed by atoms with Gasteiger partial charge >= 0.3 is 0 Å². The van der Waals surface area contributed by atoms with Crippen LogP contribution >= 0.6 is 95.6 Å². The molecule has 128 heavy (non-hydrogen) atoms. The summed E-state index contributed by atoms with van der Waals surface area (Å²) in [6.45, 7) is 16.7. The van der Waals surface area contributed by atoms with Crippen molar-refractivity contribution in [2.45, 2.75) is 314 Å². The average molecular weight is 2140 g/mol. The molecule has 686 valence electrons. The predicted octanol–water partition coefficient (Wildman–Crippen LogP) is 31.5. The second kappa shape index (κ2) is 41.1. The molecule has 8 aromatic rings. The van der Waals surface area contributed by atoms with E-state index in [1.807, 2.05) is 0 Å². The van der Waals surface area contributed by atoms with Gasteiger partial charge in [0.25, 0.3) is 0 Å². The molecular weight excluding hydrogens is 2010 g/mol. The summed E-state index contributed by atoms with van der Waals surface area (Å²) in [5.41, 5.74) is 16.6. The lowest BCUT2D eigenvalue weighted by molar-refractivity contribution is 0.0854. The standard InChI is InChI=1S/C105H122Br6O17/c1-9-17-25-33-57-65-41-66-58(34-26-18-10-2)70-44-74-62(38-30-22-14-6)78-47-77-61(37-29-21-13-5)73-43-69(57)94-83(106)98(73)121-53-125-102(77)87(110)103(78)126-54-122-99(74)84(107)95(70)118-50-114-91(66)81(90(65)113-49-117-94)89(112)82-92-67-42-68-60(36-28-20-12-4)72-46-76-64(40-32-24-16-8)80-48-79-63(39-31-23-15-7)75-45-71(59(67)35-27-19-11-3)96(119-51-115-92)85(108)100(75)123-55-127-104(79)88(111)105(80)128-56-124-101(76)86(109)97(72)120-52-116-93(68)82/h41-48,57-64,89,112H,9-40,49-56H2,1-8H3. The van der Waals surface area contributed by atoms with Crippen LogP contribution in [0, 0.1) is 0 Å². The maximum Gasteiger partial charge on any atom is 0.231 e. The van der Waals surface area contributed by atoms with Gasteiger partial charge in [-0.2, -0.15) is 0 Å². The zero-order valence-corrected chi connectivity index (χ0v) is 84.9. The Labute approximate surface area is 805 Å². The quantitative estimate of drug-likeness (QED) is 0.0378. The monoisotopic (exact) mass is 2130 g/mol. The number of rotatable bonds is 34. The third-order valence-electron chi connectivity index (χ3n) is 28.6. The summed E-state index contributed by atoms with van der Waals surface area (Å²) in [5.74, 6) is 6.94. The Hall–Kier alpha value is -6.60.